The molecule has 1 saturated heterocycles. The van der Waals surface area contributed by atoms with Crippen LogP contribution in [0.2, 0.25) is 0 Å². The van der Waals surface area contributed by atoms with E-state index in [2.05, 4.69) is 10.2 Å². The van der Waals surface area contributed by atoms with E-state index in [1.807, 2.05) is 0 Å². The molecule has 0 unspecified atom stereocenters. The van der Waals surface area contributed by atoms with Gasteiger partial charge in [0, 0.05) is 35.7 Å². The predicted molar refractivity (Wildman–Crippen MR) is 53.1 cm³/mol. The fraction of sp³-hybridized carbons (Fsp3) is 0.857. The molecule has 1 amide bonds. The van der Waals surface area contributed by atoms with Gasteiger partial charge < -0.3 is 10.2 Å². The Bertz CT molecular complexity index is 134. The topological polar surface area (TPSA) is 32.3 Å². The molecule has 1 aliphatic rings. The lowest BCUT2D eigenvalue weighted by Gasteiger charge is -2.13. The van der Waals surface area contributed by atoms with Gasteiger partial charge in [0.15, 0.2) is 0 Å². The molecule has 0 aromatic rings. The fourth-order valence-electron chi connectivity index (χ4n) is 1.32. The zero-order chi connectivity index (χ0) is 8.10. The van der Waals surface area contributed by atoms with Crippen molar-refractivity contribution in [1.82, 2.24) is 10.2 Å². The molecule has 3 nitrogen and oxygen atoms in total. The summed E-state index contributed by atoms with van der Waals surface area (Å²) in [4.78, 5) is 12.9. The SMILES string of the molecule is O=C(I)NCCN1CCCC1. The van der Waals surface area contributed by atoms with Gasteiger partial charge in [-0.05, 0) is 25.9 Å². The molecule has 1 heterocycles. The first-order valence-corrected chi connectivity index (χ1v) is 5.02. The van der Waals surface area contributed by atoms with E-state index in [-0.39, 0.29) is 3.91 Å². The maximum Gasteiger partial charge on any atom is 0.280 e. The molecule has 0 radical (unpaired) electrons. The number of halogens is 1. The second-order valence-electron chi connectivity index (χ2n) is 2.75. The normalized spacial score (nSPS) is 18.6. The van der Waals surface area contributed by atoms with Gasteiger partial charge in [0.25, 0.3) is 3.91 Å². The third kappa shape index (κ3) is 3.91. The van der Waals surface area contributed by atoms with Crippen molar-refractivity contribution in [3.05, 3.63) is 0 Å². The Hall–Kier alpha value is 0.160. The number of rotatable bonds is 3. The van der Waals surface area contributed by atoms with E-state index in [4.69, 9.17) is 0 Å². The minimum atomic E-state index is 0.0433. The number of carbonyl (C=O) groups is 1. The Morgan fingerprint density at radius 1 is 1.45 bits per heavy atom. The molecule has 0 atom stereocenters. The molecule has 0 aromatic heterocycles. The summed E-state index contributed by atoms with van der Waals surface area (Å²) in [5.74, 6) is 0. The van der Waals surface area contributed by atoms with Crippen LogP contribution in [0.1, 0.15) is 12.8 Å². The second kappa shape index (κ2) is 4.92. The Kier molecular flexibility index (Phi) is 4.14. The molecule has 4 heteroatoms. The van der Waals surface area contributed by atoms with Crippen molar-refractivity contribution in [2.24, 2.45) is 0 Å². The third-order valence-electron chi connectivity index (χ3n) is 1.89. The maximum absolute atomic E-state index is 10.5. The minimum Gasteiger partial charge on any atom is -0.346 e. The zero-order valence-electron chi connectivity index (χ0n) is 6.48. The fourth-order valence-corrected chi connectivity index (χ4v) is 1.59. The van der Waals surface area contributed by atoms with E-state index in [1.165, 1.54) is 25.9 Å². The van der Waals surface area contributed by atoms with E-state index in [0.717, 1.165) is 13.1 Å². The smallest absolute Gasteiger partial charge is 0.280 e. The van der Waals surface area contributed by atoms with Crippen LogP contribution in [0, 0.1) is 0 Å². The summed E-state index contributed by atoms with van der Waals surface area (Å²) in [7, 11) is 0. The molecule has 1 rings (SSSR count). The molecular weight excluding hydrogens is 255 g/mol. The predicted octanol–water partition coefficient (Wildman–Crippen LogP) is 1.23. The van der Waals surface area contributed by atoms with Crippen molar-refractivity contribution in [3.8, 4) is 0 Å². The Morgan fingerprint density at radius 2 is 2.09 bits per heavy atom. The van der Waals surface area contributed by atoms with Crippen LogP contribution in [-0.2, 0) is 0 Å². The highest BCUT2D eigenvalue weighted by Crippen LogP contribution is 2.05. The van der Waals surface area contributed by atoms with Gasteiger partial charge in [0.1, 0.15) is 0 Å². The summed E-state index contributed by atoms with van der Waals surface area (Å²) in [6.45, 7) is 4.21. The summed E-state index contributed by atoms with van der Waals surface area (Å²) in [5, 5.41) is 2.78. The molecule has 11 heavy (non-hydrogen) atoms. The summed E-state index contributed by atoms with van der Waals surface area (Å²) < 4.78 is 0.0433. The van der Waals surface area contributed by atoms with Gasteiger partial charge >= 0.3 is 0 Å². The monoisotopic (exact) mass is 268 g/mol. The molecule has 0 saturated carbocycles. The highest BCUT2D eigenvalue weighted by Gasteiger charge is 2.10. The van der Waals surface area contributed by atoms with E-state index in [1.54, 1.807) is 22.6 Å². The lowest BCUT2D eigenvalue weighted by atomic mass is 10.4. The number of nitrogens with one attached hydrogen (secondary N) is 1. The Morgan fingerprint density at radius 3 is 2.64 bits per heavy atom. The van der Waals surface area contributed by atoms with Crippen molar-refractivity contribution in [2.45, 2.75) is 12.8 Å². The van der Waals surface area contributed by atoms with E-state index < -0.39 is 0 Å². The molecule has 0 bridgehead atoms. The molecule has 1 aliphatic heterocycles. The number of carbonyl (C=O) groups excluding carboxylic acids is 1. The number of nitrogens with zero attached hydrogens (tertiary/aromatic N) is 1. The minimum absolute atomic E-state index is 0.0433. The van der Waals surface area contributed by atoms with Crippen LogP contribution in [0.5, 0.6) is 0 Å². The van der Waals surface area contributed by atoms with Crippen molar-refractivity contribution in [2.75, 3.05) is 26.2 Å². The molecule has 64 valence electrons. The van der Waals surface area contributed by atoms with Crippen LogP contribution >= 0.6 is 22.6 Å². The van der Waals surface area contributed by atoms with Crippen LogP contribution in [0.4, 0.5) is 4.79 Å². The van der Waals surface area contributed by atoms with Crippen LogP contribution in [0.25, 0.3) is 0 Å². The van der Waals surface area contributed by atoms with Gasteiger partial charge in [0.2, 0.25) is 0 Å². The first kappa shape index (κ1) is 9.25. The maximum atomic E-state index is 10.5. The van der Waals surface area contributed by atoms with Crippen molar-refractivity contribution in [1.29, 1.82) is 0 Å². The van der Waals surface area contributed by atoms with E-state index in [9.17, 15) is 4.79 Å². The van der Waals surface area contributed by atoms with Crippen LogP contribution in [0.3, 0.4) is 0 Å². The number of hydrogen-bond acceptors (Lipinski definition) is 2. The standard InChI is InChI=1S/C7H13IN2O/c8-7(11)9-3-6-10-4-1-2-5-10/h1-6H2,(H,9,11). The first-order chi connectivity index (χ1) is 5.29. The third-order valence-corrected chi connectivity index (χ3v) is 2.27. The van der Waals surface area contributed by atoms with Crippen molar-refractivity contribution >= 4 is 26.5 Å². The molecule has 0 aromatic carbocycles. The molecular formula is C7H13IN2O. The van der Waals surface area contributed by atoms with Gasteiger partial charge in [-0.3, -0.25) is 4.79 Å². The molecule has 1 fully saturated rings. The zero-order valence-corrected chi connectivity index (χ0v) is 8.63. The van der Waals surface area contributed by atoms with Gasteiger partial charge in [-0.1, -0.05) is 0 Å². The van der Waals surface area contributed by atoms with E-state index in [0.29, 0.717) is 0 Å². The summed E-state index contributed by atoms with van der Waals surface area (Å²) in [6.07, 6.45) is 2.64. The summed E-state index contributed by atoms with van der Waals surface area (Å²) in [5.41, 5.74) is 0. The van der Waals surface area contributed by atoms with E-state index >= 15 is 0 Å². The Balaban J connectivity index is 1.98. The van der Waals surface area contributed by atoms with Crippen LogP contribution in [0.15, 0.2) is 0 Å². The van der Waals surface area contributed by atoms with Gasteiger partial charge in [-0.15, -0.1) is 0 Å². The number of amides is 1. The van der Waals surface area contributed by atoms with Gasteiger partial charge in [0.05, 0.1) is 0 Å². The van der Waals surface area contributed by atoms with Gasteiger partial charge in [-0.2, -0.15) is 0 Å². The van der Waals surface area contributed by atoms with Crippen molar-refractivity contribution in [3.63, 3.8) is 0 Å². The van der Waals surface area contributed by atoms with Crippen LogP contribution < -0.4 is 5.32 Å². The Labute approximate surface area is 80.7 Å². The summed E-state index contributed by atoms with van der Waals surface area (Å²) >= 11 is 1.76. The molecule has 0 spiro atoms. The first-order valence-electron chi connectivity index (χ1n) is 3.95. The molecule has 1 N–H and O–H groups in total. The summed E-state index contributed by atoms with van der Waals surface area (Å²) in [6, 6.07) is 0. The highest BCUT2D eigenvalue weighted by atomic mass is 127. The van der Waals surface area contributed by atoms with Crippen molar-refractivity contribution < 1.29 is 4.79 Å². The lowest BCUT2D eigenvalue weighted by Crippen LogP contribution is -2.30. The second-order valence-corrected chi connectivity index (χ2v) is 3.73. The average Bonchev–Trinajstić information content (AvgIpc) is 2.39. The number of likely N-dealkylation sites (tertiary alicyclic amines) is 1. The quantitative estimate of drug-likeness (QED) is 0.474. The van der Waals surface area contributed by atoms with Crippen LogP contribution in [-0.4, -0.2) is 35.0 Å². The lowest BCUT2D eigenvalue weighted by molar-refractivity contribution is 0.260. The largest absolute Gasteiger partial charge is 0.346 e. The highest BCUT2D eigenvalue weighted by molar-refractivity contribution is 14.1. The average molecular weight is 268 g/mol. The number of hydrogen-bond donors (Lipinski definition) is 1. The molecule has 0 aliphatic carbocycles. The van der Waals surface area contributed by atoms with Gasteiger partial charge in [-0.25, -0.2) is 0 Å².